The van der Waals surface area contributed by atoms with Crippen molar-refractivity contribution in [2.45, 2.75) is 13.8 Å². The molecule has 18 heavy (non-hydrogen) atoms. The first-order valence-electron chi connectivity index (χ1n) is 5.35. The summed E-state index contributed by atoms with van der Waals surface area (Å²) in [7, 11) is 0. The Morgan fingerprint density at radius 3 is 2.78 bits per heavy atom. The zero-order valence-electron chi connectivity index (χ0n) is 10.1. The number of rotatable bonds is 3. The second-order valence-corrected chi connectivity index (χ2v) is 3.80. The summed E-state index contributed by atoms with van der Waals surface area (Å²) in [4.78, 5) is 7.99. The topological polar surface area (TPSA) is 73.1 Å². The van der Waals surface area contributed by atoms with Gasteiger partial charge in [-0.15, -0.1) is 0 Å². The molecule has 0 saturated carbocycles. The third-order valence-corrected chi connectivity index (χ3v) is 2.33. The summed E-state index contributed by atoms with van der Waals surface area (Å²) in [6.45, 7) is 3.43. The van der Waals surface area contributed by atoms with Crippen LogP contribution in [-0.2, 0) is 0 Å². The van der Waals surface area contributed by atoms with Crippen molar-refractivity contribution in [2.24, 2.45) is 5.84 Å². The van der Waals surface area contributed by atoms with Gasteiger partial charge < -0.3 is 4.74 Å². The lowest BCUT2D eigenvalue weighted by Gasteiger charge is -2.08. The van der Waals surface area contributed by atoms with Crippen LogP contribution in [0.25, 0.3) is 0 Å². The van der Waals surface area contributed by atoms with Crippen molar-refractivity contribution >= 4 is 5.95 Å². The van der Waals surface area contributed by atoms with Crippen molar-refractivity contribution in [3.8, 4) is 11.6 Å². The molecule has 0 aliphatic rings. The minimum atomic E-state index is -0.406. The Morgan fingerprint density at radius 2 is 2.06 bits per heavy atom. The summed E-state index contributed by atoms with van der Waals surface area (Å²) in [6.07, 6.45) is 0. The van der Waals surface area contributed by atoms with E-state index in [0.717, 1.165) is 0 Å². The summed E-state index contributed by atoms with van der Waals surface area (Å²) >= 11 is 0. The molecule has 0 spiro atoms. The van der Waals surface area contributed by atoms with Gasteiger partial charge in [0, 0.05) is 11.8 Å². The number of aromatic nitrogens is 2. The largest absolute Gasteiger partial charge is 0.436 e. The molecular weight excluding hydrogens is 235 g/mol. The number of hydrazine groups is 1. The van der Waals surface area contributed by atoms with Crippen molar-refractivity contribution in [2.75, 3.05) is 5.43 Å². The van der Waals surface area contributed by atoms with E-state index in [1.54, 1.807) is 32.0 Å². The lowest BCUT2D eigenvalue weighted by Crippen LogP contribution is -2.11. The summed E-state index contributed by atoms with van der Waals surface area (Å²) in [6, 6.07) is 6.52. The Labute approximate surface area is 104 Å². The van der Waals surface area contributed by atoms with E-state index in [-0.39, 0.29) is 17.6 Å². The minimum Gasteiger partial charge on any atom is -0.436 e. The first-order chi connectivity index (χ1) is 8.60. The third kappa shape index (κ3) is 2.54. The number of anilines is 1. The zero-order valence-corrected chi connectivity index (χ0v) is 10.1. The predicted octanol–water partition coefficient (Wildman–Crippen LogP) is 2.31. The number of benzene rings is 1. The molecule has 5 nitrogen and oxygen atoms in total. The van der Waals surface area contributed by atoms with E-state index in [1.165, 1.54) is 6.07 Å². The molecule has 0 saturated heterocycles. The smallest absolute Gasteiger partial charge is 0.240 e. The van der Waals surface area contributed by atoms with E-state index in [0.29, 0.717) is 11.3 Å². The van der Waals surface area contributed by atoms with E-state index in [2.05, 4.69) is 15.4 Å². The van der Waals surface area contributed by atoms with Crippen molar-refractivity contribution < 1.29 is 9.13 Å². The molecule has 0 fully saturated rings. The molecule has 0 radical (unpaired) electrons. The van der Waals surface area contributed by atoms with Gasteiger partial charge in [0.2, 0.25) is 11.8 Å². The summed E-state index contributed by atoms with van der Waals surface area (Å²) in [5, 5.41) is 0. The average Bonchev–Trinajstić information content (AvgIpc) is 2.34. The summed E-state index contributed by atoms with van der Waals surface area (Å²) in [5.41, 5.74) is 3.50. The van der Waals surface area contributed by atoms with E-state index in [4.69, 9.17) is 10.6 Å². The highest BCUT2D eigenvalue weighted by Crippen LogP contribution is 2.25. The monoisotopic (exact) mass is 248 g/mol. The standard InChI is InChI=1S/C12H13FN4O/c1-7-4-3-5-9(11(7)13)18-10-6-8(2)15-12(16-10)17-14/h3-6H,14H2,1-2H3,(H,15,16,17). The molecule has 0 atom stereocenters. The first-order valence-corrected chi connectivity index (χ1v) is 5.35. The van der Waals surface area contributed by atoms with Crippen LogP contribution in [0.15, 0.2) is 24.3 Å². The number of nitrogen functional groups attached to an aromatic ring is 1. The van der Waals surface area contributed by atoms with Crippen molar-refractivity contribution in [3.63, 3.8) is 0 Å². The molecule has 2 aromatic rings. The highest BCUT2D eigenvalue weighted by atomic mass is 19.1. The zero-order chi connectivity index (χ0) is 13.1. The first kappa shape index (κ1) is 12.3. The predicted molar refractivity (Wildman–Crippen MR) is 65.8 cm³/mol. The summed E-state index contributed by atoms with van der Waals surface area (Å²) in [5.74, 6) is 5.40. The fourth-order valence-electron chi connectivity index (χ4n) is 1.47. The molecule has 1 aromatic carbocycles. The molecule has 2 rings (SSSR count). The third-order valence-electron chi connectivity index (χ3n) is 2.33. The van der Waals surface area contributed by atoms with Gasteiger partial charge in [-0.3, -0.25) is 5.43 Å². The van der Waals surface area contributed by atoms with Crippen molar-refractivity contribution in [3.05, 3.63) is 41.3 Å². The van der Waals surface area contributed by atoms with Gasteiger partial charge in [0.05, 0.1) is 0 Å². The molecule has 0 bridgehead atoms. The van der Waals surface area contributed by atoms with Crippen LogP contribution < -0.4 is 16.0 Å². The average molecular weight is 248 g/mol. The maximum absolute atomic E-state index is 13.8. The minimum absolute atomic E-state index is 0.121. The second kappa shape index (κ2) is 4.97. The molecule has 0 aliphatic carbocycles. The molecular formula is C12H13FN4O. The Morgan fingerprint density at radius 1 is 1.28 bits per heavy atom. The molecule has 6 heteroatoms. The van der Waals surface area contributed by atoms with Gasteiger partial charge in [-0.1, -0.05) is 12.1 Å². The second-order valence-electron chi connectivity index (χ2n) is 3.80. The highest BCUT2D eigenvalue weighted by Gasteiger charge is 2.09. The maximum Gasteiger partial charge on any atom is 0.240 e. The van der Waals surface area contributed by atoms with E-state index < -0.39 is 5.82 Å². The molecule has 0 amide bonds. The van der Waals surface area contributed by atoms with E-state index in [1.807, 2.05) is 0 Å². The van der Waals surface area contributed by atoms with Crippen LogP contribution in [0.4, 0.5) is 10.3 Å². The van der Waals surface area contributed by atoms with Crippen LogP contribution in [0.1, 0.15) is 11.3 Å². The number of hydrogen-bond acceptors (Lipinski definition) is 5. The van der Waals surface area contributed by atoms with Crippen LogP contribution in [0.5, 0.6) is 11.6 Å². The highest BCUT2D eigenvalue weighted by molar-refractivity contribution is 5.35. The van der Waals surface area contributed by atoms with E-state index in [9.17, 15) is 4.39 Å². The molecule has 1 heterocycles. The maximum atomic E-state index is 13.8. The van der Waals surface area contributed by atoms with Gasteiger partial charge in [0.25, 0.3) is 0 Å². The number of halogens is 1. The molecule has 0 aliphatic heterocycles. The van der Waals surface area contributed by atoms with Crippen LogP contribution in [0, 0.1) is 19.7 Å². The summed E-state index contributed by atoms with van der Waals surface area (Å²) < 4.78 is 19.2. The lowest BCUT2D eigenvalue weighted by atomic mass is 10.2. The van der Waals surface area contributed by atoms with Gasteiger partial charge in [-0.25, -0.2) is 15.2 Å². The Balaban J connectivity index is 2.34. The van der Waals surface area contributed by atoms with E-state index >= 15 is 0 Å². The Hall–Kier alpha value is -2.21. The Kier molecular flexibility index (Phi) is 3.38. The number of nitrogens with one attached hydrogen (secondary N) is 1. The molecule has 3 N–H and O–H groups in total. The van der Waals surface area contributed by atoms with Crippen molar-refractivity contribution in [1.29, 1.82) is 0 Å². The van der Waals surface area contributed by atoms with Gasteiger partial charge in [-0.2, -0.15) is 4.98 Å². The van der Waals surface area contributed by atoms with Crippen LogP contribution in [0.3, 0.4) is 0 Å². The quantitative estimate of drug-likeness (QED) is 0.644. The van der Waals surface area contributed by atoms with Gasteiger partial charge in [-0.05, 0) is 25.5 Å². The number of hydrogen-bond donors (Lipinski definition) is 2. The van der Waals surface area contributed by atoms with Crippen LogP contribution in [0.2, 0.25) is 0 Å². The SMILES string of the molecule is Cc1cc(Oc2cccc(C)c2F)nc(NN)n1. The molecule has 1 aromatic heterocycles. The Bertz CT molecular complexity index is 574. The molecule has 0 unspecified atom stereocenters. The lowest BCUT2D eigenvalue weighted by molar-refractivity contribution is 0.424. The molecule has 94 valence electrons. The van der Waals surface area contributed by atoms with Gasteiger partial charge in [0.1, 0.15) is 0 Å². The fraction of sp³-hybridized carbons (Fsp3) is 0.167. The number of ether oxygens (including phenoxy) is 1. The number of nitrogens with zero attached hydrogens (tertiary/aromatic N) is 2. The van der Waals surface area contributed by atoms with Crippen LogP contribution >= 0.6 is 0 Å². The number of nitrogens with two attached hydrogens (primary N) is 1. The number of aryl methyl sites for hydroxylation is 2. The van der Waals surface area contributed by atoms with Crippen molar-refractivity contribution in [1.82, 2.24) is 9.97 Å². The van der Waals surface area contributed by atoms with Gasteiger partial charge >= 0.3 is 0 Å². The normalized spacial score (nSPS) is 10.2. The van der Waals surface area contributed by atoms with Crippen LogP contribution in [-0.4, -0.2) is 9.97 Å². The van der Waals surface area contributed by atoms with Gasteiger partial charge in [0.15, 0.2) is 11.6 Å². The fourth-order valence-corrected chi connectivity index (χ4v) is 1.47.